The van der Waals surface area contributed by atoms with Crippen molar-refractivity contribution in [2.45, 2.75) is 39.2 Å². The molecule has 3 nitrogen and oxygen atoms in total. The average Bonchev–Trinajstić information content (AvgIpc) is 2.43. The second-order valence-electron chi connectivity index (χ2n) is 5.64. The van der Waals surface area contributed by atoms with Crippen molar-refractivity contribution in [3.8, 4) is 0 Å². The Morgan fingerprint density at radius 2 is 1.95 bits per heavy atom. The third kappa shape index (κ3) is 3.09. The van der Waals surface area contributed by atoms with Gasteiger partial charge in [0.05, 0.1) is 5.56 Å². The summed E-state index contributed by atoms with van der Waals surface area (Å²) in [5, 5.41) is 6.28. The fourth-order valence-electron chi connectivity index (χ4n) is 2.93. The van der Waals surface area contributed by atoms with Crippen LogP contribution in [0.5, 0.6) is 0 Å². The maximum atomic E-state index is 12.4. The molecule has 1 aliphatic carbocycles. The molecule has 2 N–H and O–H groups in total. The van der Waals surface area contributed by atoms with Crippen LogP contribution in [0.25, 0.3) is 0 Å². The van der Waals surface area contributed by atoms with Crippen LogP contribution in [0.4, 0.5) is 5.69 Å². The first-order valence-corrected chi connectivity index (χ1v) is 7.21. The van der Waals surface area contributed by atoms with E-state index in [-0.39, 0.29) is 5.91 Å². The van der Waals surface area contributed by atoms with Gasteiger partial charge in [-0.25, -0.2) is 0 Å². The van der Waals surface area contributed by atoms with Crippen molar-refractivity contribution in [2.24, 2.45) is 11.8 Å². The van der Waals surface area contributed by atoms with E-state index in [1.54, 1.807) is 0 Å². The highest BCUT2D eigenvalue weighted by molar-refractivity contribution is 5.99. The third-order valence-corrected chi connectivity index (χ3v) is 4.46. The molecular weight excluding hydrogens is 236 g/mol. The van der Waals surface area contributed by atoms with Gasteiger partial charge in [0, 0.05) is 18.8 Å². The van der Waals surface area contributed by atoms with Gasteiger partial charge in [-0.15, -0.1) is 0 Å². The molecule has 1 saturated carbocycles. The highest BCUT2D eigenvalue weighted by atomic mass is 16.1. The van der Waals surface area contributed by atoms with Crippen molar-refractivity contribution in [3.63, 3.8) is 0 Å². The maximum absolute atomic E-state index is 12.4. The van der Waals surface area contributed by atoms with E-state index in [0.29, 0.717) is 17.9 Å². The van der Waals surface area contributed by atoms with Crippen molar-refractivity contribution in [1.82, 2.24) is 5.32 Å². The van der Waals surface area contributed by atoms with Crippen molar-refractivity contribution >= 4 is 11.6 Å². The lowest BCUT2D eigenvalue weighted by molar-refractivity contribution is 0.0892. The Labute approximate surface area is 115 Å². The standard InChI is InChI=1S/C16H24N2O/c1-11-7-6-10-14(12(11)2)18-16(19)13-8-4-5-9-15(13)17-3/h4-5,8-9,11-12,14,17H,6-7,10H2,1-3H3,(H,18,19). The number of para-hydroxylation sites is 1. The summed E-state index contributed by atoms with van der Waals surface area (Å²) < 4.78 is 0. The zero-order valence-electron chi connectivity index (χ0n) is 12.1. The number of benzene rings is 1. The molecule has 0 saturated heterocycles. The Morgan fingerprint density at radius 1 is 1.21 bits per heavy atom. The number of amides is 1. The van der Waals surface area contributed by atoms with E-state index in [1.807, 2.05) is 31.3 Å². The predicted octanol–water partition coefficient (Wildman–Crippen LogP) is 3.28. The molecule has 3 unspecified atom stereocenters. The Bertz CT molecular complexity index is 444. The molecule has 2 rings (SSSR count). The molecule has 1 amide bonds. The first-order valence-electron chi connectivity index (χ1n) is 7.21. The van der Waals surface area contributed by atoms with E-state index in [9.17, 15) is 4.79 Å². The lowest BCUT2D eigenvalue weighted by Gasteiger charge is -2.34. The molecule has 0 spiro atoms. The van der Waals surface area contributed by atoms with Crippen LogP contribution in [0.1, 0.15) is 43.5 Å². The molecular formula is C16H24N2O. The van der Waals surface area contributed by atoms with E-state index in [2.05, 4.69) is 24.5 Å². The van der Waals surface area contributed by atoms with Crippen LogP contribution in [0.15, 0.2) is 24.3 Å². The topological polar surface area (TPSA) is 41.1 Å². The quantitative estimate of drug-likeness (QED) is 0.875. The van der Waals surface area contributed by atoms with E-state index < -0.39 is 0 Å². The summed E-state index contributed by atoms with van der Waals surface area (Å²) in [4.78, 5) is 12.4. The van der Waals surface area contributed by atoms with Crippen molar-refractivity contribution in [1.29, 1.82) is 0 Å². The molecule has 1 aromatic rings. The van der Waals surface area contributed by atoms with Crippen molar-refractivity contribution in [3.05, 3.63) is 29.8 Å². The first-order chi connectivity index (χ1) is 9.13. The number of rotatable bonds is 3. The summed E-state index contributed by atoms with van der Waals surface area (Å²) in [5.74, 6) is 1.29. The molecule has 3 atom stereocenters. The highest BCUT2D eigenvalue weighted by Crippen LogP contribution is 2.29. The van der Waals surface area contributed by atoms with Crippen LogP contribution in [0, 0.1) is 11.8 Å². The van der Waals surface area contributed by atoms with Crippen LogP contribution in [0.2, 0.25) is 0 Å². The second kappa shape index (κ2) is 6.09. The lowest BCUT2D eigenvalue weighted by Crippen LogP contribution is -2.43. The summed E-state index contributed by atoms with van der Waals surface area (Å²) in [6, 6.07) is 7.96. The number of hydrogen-bond acceptors (Lipinski definition) is 2. The predicted molar refractivity (Wildman–Crippen MR) is 79.4 cm³/mol. The fourth-order valence-corrected chi connectivity index (χ4v) is 2.93. The highest BCUT2D eigenvalue weighted by Gasteiger charge is 2.28. The largest absolute Gasteiger partial charge is 0.387 e. The number of hydrogen-bond donors (Lipinski definition) is 2. The van der Waals surface area contributed by atoms with Crippen LogP contribution < -0.4 is 10.6 Å². The summed E-state index contributed by atoms with van der Waals surface area (Å²) >= 11 is 0. The molecule has 0 bridgehead atoms. The average molecular weight is 260 g/mol. The molecule has 0 aliphatic heterocycles. The molecule has 0 aromatic heterocycles. The summed E-state index contributed by atoms with van der Waals surface area (Å²) in [7, 11) is 1.84. The molecule has 1 aliphatic rings. The number of anilines is 1. The van der Waals surface area contributed by atoms with E-state index >= 15 is 0 Å². The minimum atomic E-state index is 0.0379. The minimum Gasteiger partial charge on any atom is -0.387 e. The van der Waals surface area contributed by atoms with Gasteiger partial charge >= 0.3 is 0 Å². The molecule has 104 valence electrons. The first kappa shape index (κ1) is 13.9. The molecule has 19 heavy (non-hydrogen) atoms. The number of carbonyl (C=O) groups is 1. The molecule has 3 heteroatoms. The Kier molecular flexibility index (Phi) is 4.46. The van der Waals surface area contributed by atoms with Gasteiger partial charge < -0.3 is 10.6 Å². The SMILES string of the molecule is CNc1ccccc1C(=O)NC1CCCC(C)C1C. The Morgan fingerprint density at radius 3 is 2.68 bits per heavy atom. The van der Waals surface area contributed by atoms with Gasteiger partial charge in [-0.3, -0.25) is 4.79 Å². The zero-order chi connectivity index (χ0) is 13.8. The van der Waals surface area contributed by atoms with Crippen LogP contribution in [0.3, 0.4) is 0 Å². The fraction of sp³-hybridized carbons (Fsp3) is 0.562. The summed E-state index contributed by atoms with van der Waals surface area (Å²) in [6.45, 7) is 4.53. The van der Waals surface area contributed by atoms with Gasteiger partial charge in [-0.05, 0) is 30.4 Å². The number of carbonyl (C=O) groups excluding carboxylic acids is 1. The second-order valence-corrected chi connectivity index (χ2v) is 5.64. The van der Waals surface area contributed by atoms with Crippen LogP contribution in [-0.4, -0.2) is 19.0 Å². The summed E-state index contributed by atoms with van der Waals surface area (Å²) in [5.41, 5.74) is 1.62. The van der Waals surface area contributed by atoms with Gasteiger partial charge in [0.2, 0.25) is 0 Å². The monoisotopic (exact) mass is 260 g/mol. The van der Waals surface area contributed by atoms with E-state index in [0.717, 1.165) is 17.7 Å². The van der Waals surface area contributed by atoms with E-state index in [4.69, 9.17) is 0 Å². The normalized spacial score (nSPS) is 26.8. The van der Waals surface area contributed by atoms with Gasteiger partial charge in [0.1, 0.15) is 0 Å². The van der Waals surface area contributed by atoms with Crippen molar-refractivity contribution < 1.29 is 4.79 Å². The van der Waals surface area contributed by atoms with Crippen LogP contribution >= 0.6 is 0 Å². The van der Waals surface area contributed by atoms with Gasteiger partial charge in [0.15, 0.2) is 0 Å². The third-order valence-electron chi connectivity index (χ3n) is 4.46. The number of nitrogens with one attached hydrogen (secondary N) is 2. The van der Waals surface area contributed by atoms with Gasteiger partial charge in [-0.1, -0.05) is 38.8 Å². The minimum absolute atomic E-state index is 0.0379. The van der Waals surface area contributed by atoms with E-state index in [1.165, 1.54) is 12.8 Å². The van der Waals surface area contributed by atoms with Gasteiger partial charge in [0.25, 0.3) is 5.91 Å². The molecule has 1 aromatic carbocycles. The van der Waals surface area contributed by atoms with Gasteiger partial charge in [-0.2, -0.15) is 0 Å². The molecule has 0 heterocycles. The Hall–Kier alpha value is -1.51. The zero-order valence-corrected chi connectivity index (χ0v) is 12.1. The van der Waals surface area contributed by atoms with Crippen LogP contribution in [-0.2, 0) is 0 Å². The Balaban J connectivity index is 2.08. The smallest absolute Gasteiger partial charge is 0.253 e. The molecule has 0 radical (unpaired) electrons. The maximum Gasteiger partial charge on any atom is 0.253 e. The van der Waals surface area contributed by atoms with Crippen molar-refractivity contribution in [2.75, 3.05) is 12.4 Å². The lowest BCUT2D eigenvalue weighted by atomic mass is 9.78. The summed E-state index contributed by atoms with van der Waals surface area (Å²) in [6.07, 6.45) is 3.59. The molecule has 1 fully saturated rings.